The van der Waals surface area contributed by atoms with Gasteiger partial charge in [0.1, 0.15) is 12.3 Å². The van der Waals surface area contributed by atoms with Gasteiger partial charge in [-0.2, -0.15) is 0 Å². The second-order valence-corrected chi connectivity index (χ2v) is 5.49. The fourth-order valence-corrected chi connectivity index (χ4v) is 2.90. The van der Waals surface area contributed by atoms with Crippen LogP contribution in [-0.2, 0) is 9.59 Å². The van der Waals surface area contributed by atoms with Crippen molar-refractivity contribution in [3.63, 3.8) is 0 Å². The molecule has 3 rings (SSSR count). The molecule has 0 aliphatic carbocycles. The second kappa shape index (κ2) is 5.76. The molecule has 1 atom stereocenters. The number of ether oxygens (including phenoxy) is 1. The van der Waals surface area contributed by atoms with Crippen LogP contribution in [0, 0.1) is 0 Å². The third-order valence-electron chi connectivity index (χ3n) is 4.09. The summed E-state index contributed by atoms with van der Waals surface area (Å²) >= 11 is 0. The zero-order chi connectivity index (χ0) is 14.8. The first-order valence-electron chi connectivity index (χ1n) is 7.55. The molecule has 0 aromatic heterocycles. The molecule has 2 heterocycles. The Morgan fingerprint density at radius 3 is 2.71 bits per heavy atom. The fourth-order valence-electron chi connectivity index (χ4n) is 2.90. The van der Waals surface area contributed by atoms with Crippen LogP contribution in [0.15, 0.2) is 24.3 Å². The van der Waals surface area contributed by atoms with Gasteiger partial charge in [-0.15, -0.1) is 0 Å². The van der Waals surface area contributed by atoms with E-state index in [2.05, 4.69) is 0 Å². The number of fused-ring (bicyclic) bond motifs is 1. The molecule has 5 heteroatoms. The van der Waals surface area contributed by atoms with Crippen molar-refractivity contribution in [1.29, 1.82) is 0 Å². The van der Waals surface area contributed by atoms with Crippen molar-refractivity contribution < 1.29 is 14.3 Å². The van der Waals surface area contributed by atoms with Crippen molar-refractivity contribution in [3.8, 4) is 5.75 Å². The van der Waals surface area contributed by atoms with Crippen molar-refractivity contribution >= 4 is 17.5 Å². The number of hydrogen-bond acceptors (Lipinski definition) is 3. The number of benzene rings is 1. The highest BCUT2D eigenvalue weighted by atomic mass is 16.5. The molecule has 112 valence electrons. The molecule has 1 aromatic rings. The number of para-hydroxylation sites is 2. The summed E-state index contributed by atoms with van der Waals surface area (Å²) in [4.78, 5) is 28.3. The van der Waals surface area contributed by atoms with Crippen LogP contribution >= 0.6 is 0 Å². The topological polar surface area (TPSA) is 49.9 Å². The van der Waals surface area contributed by atoms with Crippen LogP contribution in [0.3, 0.4) is 0 Å². The average molecular weight is 288 g/mol. The van der Waals surface area contributed by atoms with E-state index in [4.69, 9.17) is 4.74 Å². The SMILES string of the molecule is CC[C@@H]1Oc2ccccc2N(CC(=O)N2CCCC2)C1=O. The number of anilines is 1. The Morgan fingerprint density at radius 1 is 1.29 bits per heavy atom. The quantitative estimate of drug-likeness (QED) is 0.852. The number of rotatable bonds is 3. The monoisotopic (exact) mass is 288 g/mol. The largest absolute Gasteiger partial charge is 0.478 e. The Labute approximate surface area is 124 Å². The van der Waals surface area contributed by atoms with Crippen LogP contribution < -0.4 is 9.64 Å². The number of likely N-dealkylation sites (tertiary alicyclic amines) is 1. The van der Waals surface area contributed by atoms with Gasteiger partial charge in [0.05, 0.1) is 5.69 Å². The van der Waals surface area contributed by atoms with Crippen LogP contribution in [0.25, 0.3) is 0 Å². The summed E-state index contributed by atoms with van der Waals surface area (Å²) in [5.41, 5.74) is 0.694. The highest BCUT2D eigenvalue weighted by molar-refractivity contribution is 6.03. The molecular formula is C16H20N2O3. The zero-order valence-electron chi connectivity index (χ0n) is 12.2. The van der Waals surface area contributed by atoms with E-state index in [-0.39, 0.29) is 18.4 Å². The van der Waals surface area contributed by atoms with Gasteiger partial charge in [-0.05, 0) is 31.4 Å². The fraction of sp³-hybridized carbons (Fsp3) is 0.500. The third kappa shape index (κ3) is 2.60. The Hall–Kier alpha value is -2.04. The Morgan fingerprint density at radius 2 is 2.00 bits per heavy atom. The van der Waals surface area contributed by atoms with E-state index in [1.54, 1.807) is 4.90 Å². The maximum atomic E-state index is 12.5. The first-order chi connectivity index (χ1) is 10.2. The molecule has 2 aliphatic heterocycles. The van der Waals surface area contributed by atoms with Crippen molar-refractivity contribution in [1.82, 2.24) is 4.90 Å². The highest BCUT2D eigenvalue weighted by Gasteiger charge is 2.35. The number of carbonyl (C=O) groups is 2. The van der Waals surface area contributed by atoms with E-state index in [1.165, 1.54) is 0 Å². The summed E-state index contributed by atoms with van der Waals surface area (Å²) in [7, 11) is 0. The first kappa shape index (κ1) is 13.9. The van der Waals surface area contributed by atoms with Gasteiger partial charge < -0.3 is 9.64 Å². The minimum absolute atomic E-state index is 0.0207. The van der Waals surface area contributed by atoms with Gasteiger partial charge in [-0.1, -0.05) is 19.1 Å². The molecule has 0 radical (unpaired) electrons. The number of hydrogen-bond donors (Lipinski definition) is 0. The summed E-state index contributed by atoms with van der Waals surface area (Å²) in [5, 5.41) is 0. The molecule has 0 saturated carbocycles. The van der Waals surface area contributed by atoms with Crippen molar-refractivity contribution in [2.45, 2.75) is 32.3 Å². The average Bonchev–Trinajstić information content (AvgIpc) is 3.04. The van der Waals surface area contributed by atoms with Gasteiger partial charge in [-0.25, -0.2) is 0 Å². The van der Waals surface area contributed by atoms with E-state index < -0.39 is 6.10 Å². The molecule has 1 saturated heterocycles. The van der Waals surface area contributed by atoms with E-state index in [9.17, 15) is 9.59 Å². The lowest BCUT2D eigenvalue weighted by Gasteiger charge is -2.34. The Balaban J connectivity index is 1.84. The second-order valence-electron chi connectivity index (χ2n) is 5.49. The number of nitrogens with zero attached hydrogens (tertiary/aromatic N) is 2. The van der Waals surface area contributed by atoms with Crippen LogP contribution in [0.1, 0.15) is 26.2 Å². The summed E-state index contributed by atoms with van der Waals surface area (Å²) < 4.78 is 5.71. The van der Waals surface area contributed by atoms with Gasteiger partial charge in [0.15, 0.2) is 6.10 Å². The van der Waals surface area contributed by atoms with Crippen molar-refractivity contribution in [3.05, 3.63) is 24.3 Å². The molecule has 2 amide bonds. The van der Waals surface area contributed by atoms with Gasteiger partial charge in [0.25, 0.3) is 5.91 Å². The van der Waals surface area contributed by atoms with Crippen LogP contribution in [0.4, 0.5) is 5.69 Å². The Bertz CT molecular complexity index is 552. The van der Waals surface area contributed by atoms with Crippen LogP contribution in [-0.4, -0.2) is 42.5 Å². The number of carbonyl (C=O) groups excluding carboxylic acids is 2. The van der Waals surface area contributed by atoms with Gasteiger partial charge in [0, 0.05) is 13.1 Å². The number of amides is 2. The predicted octanol–water partition coefficient (Wildman–Crippen LogP) is 1.81. The van der Waals surface area contributed by atoms with Crippen LogP contribution in [0.5, 0.6) is 5.75 Å². The smallest absolute Gasteiger partial charge is 0.268 e. The molecule has 1 aromatic carbocycles. The summed E-state index contributed by atoms with van der Waals surface area (Å²) in [6, 6.07) is 7.41. The Kier molecular flexibility index (Phi) is 3.82. The van der Waals surface area contributed by atoms with Gasteiger partial charge >= 0.3 is 0 Å². The lowest BCUT2D eigenvalue weighted by Crippen LogP contribution is -2.50. The summed E-state index contributed by atoms with van der Waals surface area (Å²) in [5.74, 6) is 0.578. The highest BCUT2D eigenvalue weighted by Crippen LogP contribution is 2.34. The van der Waals surface area contributed by atoms with Crippen LogP contribution in [0.2, 0.25) is 0 Å². The van der Waals surface area contributed by atoms with E-state index >= 15 is 0 Å². The predicted molar refractivity (Wildman–Crippen MR) is 79.3 cm³/mol. The molecule has 0 spiro atoms. The van der Waals surface area contributed by atoms with E-state index in [1.807, 2.05) is 36.1 Å². The molecule has 21 heavy (non-hydrogen) atoms. The maximum Gasteiger partial charge on any atom is 0.268 e. The third-order valence-corrected chi connectivity index (χ3v) is 4.09. The molecular weight excluding hydrogens is 268 g/mol. The van der Waals surface area contributed by atoms with E-state index in [0.717, 1.165) is 25.9 Å². The molecule has 0 bridgehead atoms. The van der Waals surface area contributed by atoms with Crippen molar-refractivity contribution in [2.24, 2.45) is 0 Å². The summed E-state index contributed by atoms with van der Waals surface area (Å²) in [6.45, 7) is 3.62. The summed E-state index contributed by atoms with van der Waals surface area (Å²) in [6.07, 6.45) is 2.21. The molecule has 1 fully saturated rings. The molecule has 2 aliphatic rings. The van der Waals surface area contributed by atoms with E-state index in [0.29, 0.717) is 17.9 Å². The molecule has 5 nitrogen and oxygen atoms in total. The minimum atomic E-state index is -0.494. The lowest BCUT2D eigenvalue weighted by atomic mass is 10.1. The lowest BCUT2D eigenvalue weighted by molar-refractivity contribution is -0.132. The minimum Gasteiger partial charge on any atom is -0.478 e. The van der Waals surface area contributed by atoms with Crippen molar-refractivity contribution in [2.75, 3.05) is 24.5 Å². The first-order valence-corrected chi connectivity index (χ1v) is 7.55. The van der Waals surface area contributed by atoms with Gasteiger partial charge in [-0.3, -0.25) is 14.5 Å². The van der Waals surface area contributed by atoms with Gasteiger partial charge in [0.2, 0.25) is 5.91 Å². The molecule has 0 N–H and O–H groups in total. The molecule has 0 unspecified atom stereocenters. The zero-order valence-corrected chi connectivity index (χ0v) is 12.2. The normalized spacial score (nSPS) is 21.2. The maximum absolute atomic E-state index is 12.5. The standard InChI is InChI=1S/C16H20N2O3/c1-2-13-16(20)18(11-15(19)17-9-5-6-10-17)12-7-3-4-8-14(12)21-13/h3-4,7-8,13H,2,5-6,9-11H2,1H3/t13-/m0/s1.